The third-order valence-electron chi connectivity index (χ3n) is 3.21. The first-order valence-corrected chi connectivity index (χ1v) is 7.07. The summed E-state index contributed by atoms with van der Waals surface area (Å²) < 4.78 is 6.49. The SMILES string of the molecule is C=C(Br)/C=c1\c(=C)oc2ccc(-c3ccccc3)cc12. The second-order valence-corrected chi connectivity index (χ2v) is 5.63. The first-order valence-electron chi connectivity index (χ1n) is 6.28. The van der Waals surface area contributed by atoms with Crippen molar-refractivity contribution in [3.63, 3.8) is 0 Å². The van der Waals surface area contributed by atoms with Crippen LogP contribution in [0.2, 0.25) is 0 Å². The fourth-order valence-electron chi connectivity index (χ4n) is 2.29. The summed E-state index contributed by atoms with van der Waals surface area (Å²) >= 11 is 3.36. The Morgan fingerprint density at radius 3 is 2.50 bits per heavy atom. The van der Waals surface area contributed by atoms with Gasteiger partial charge in [0.1, 0.15) is 11.0 Å². The maximum absolute atomic E-state index is 5.69. The van der Waals surface area contributed by atoms with Crippen LogP contribution in [0.5, 0.6) is 0 Å². The number of fused-ring (bicyclic) bond motifs is 1. The molecule has 0 fully saturated rings. The fraction of sp³-hybridized carbons (Fsp3) is 0. The van der Waals surface area contributed by atoms with E-state index in [4.69, 9.17) is 4.42 Å². The van der Waals surface area contributed by atoms with Gasteiger partial charge >= 0.3 is 0 Å². The smallest absolute Gasteiger partial charge is 0.135 e. The van der Waals surface area contributed by atoms with Gasteiger partial charge in [0, 0.05) is 15.1 Å². The predicted octanol–water partition coefficient (Wildman–Crippen LogP) is 4.20. The van der Waals surface area contributed by atoms with Crippen molar-refractivity contribution in [2.45, 2.75) is 0 Å². The molecule has 0 aliphatic heterocycles. The van der Waals surface area contributed by atoms with E-state index in [1.165, 1.54) is 5.56 Å². The zero-order valence-corrected chi connectivity index (χ0v) is 12.5. The molecule has 1 nitrogen and oxygen atoms in total. The van der Waals surface area contributed by atoms with E-state index in [0.29, 0.717) is 5.42 Å². The van der Waals surface area contributed by atoms with Crippen molar-refractivity contribution in [1.82, 2.24) is 0 Å². The quantitative estimate of drug-likeness (QED) is 0.688. The lowest BCUT2D eigenvalue weighted by atomic mass is 10.0. The van der Waals surface area contributed by atoms with Crippen molar-refractivity contribution >= 4 is 39.6 Å². The van der Waals surface area contributed by atoms with Crippen molar-refractivity contribution in [2.75, 3.05) is 0 Å². The summed E-state index contributed by atoms with van der Waals surface area (Å²) in [7, 11) is 0. The molecule has 0 unspecified atom stereocenters. The molecule has 0 aliphatic carbocycles. The number of hydrogen-bond acceptors (Lipinski definition) is 1. The lowest BCUT2D eigenvalue weighted by Crippen LogP contribution is -2.17. The normalized spacial score (nSPS) is 11.9. The van der Waals surface area contributed by atoms with Gasteiger partial charge in [-0.25, -0.2) is 0 Å². The highest BCUT2D eigenvalue weighted by atomic mass is 79.9. The van der Waals surface area contributed by atoms with E-state index in [1.54, 1.807) is 0 Å². The molecule has 0 amide bonds. The zero-order chi connectivity index (χ0) is 14.1. The van der Waals surface area contributed by atoms with Gasteiger partial charge in [-0.3, -0.25) is 0 Å². The van der Waals surface area contributed by atoms with E-state index in [2.05, 4.69) is 53.4 Å². The van der Waals surface area contributed by atoms with Crippen LogP contribution in [0, 0.1) is 0 Å². The Labute approximate surface area is 125 Å². The Morgan fingerprint density at radius 2 is 1.80 bits per heavy atom. The Kier molecular flexibility index (Phi) is 3.33. The van der Waals surface area contributed by atoms with E-state index in [1.807, 2.05) is 30.3 Å². The van der Waals surface area contributed by atoms with Crippen molar-refractivity contribution in [3.05, 3.63) is 70.2 Å². The van der Waals surface area contributed by atoms with Gasteiger partial charge in [0.05, 0.1) is 0 Å². The molecule has 0 saturated heterocycles. The second-order valence-electron chi connectivity index (χ2n) is 4.61. The summed E-state index contributed by atoms with van der Waals surface area (Å²) in [6.45, 7) is 7.80. The minimum Gasteiger partial charge on any atom is -0.457 e. The average Bonchev–Trinajstić information content (AvgIpc) is 2.75. The van der Waals surface area contributed by atoms with Gasteiger partial charge in [-0.2, -0.15) is 0 Å². The molecule has 3 rings (SSSR count). The Bertz CT molecular complexity index is 888. The van der Waals surface area contributed by atoms with Crippen LogP contribution in [-0.2, 0) is 0 Å². The number of hydrogen-bond donors (Lipinski definition) is 0. The molecule has 0 spiro atoms. The van der Waals surface area contributed by atoms with Crippen molar-refractivity contribution in [3.8, 4) is 11.1 Å². The van der Waals surface area contributed by atoms with Gasteiger partial charge < -0.3 is 4.42 Å². The summed E-state index contributed by atoms with van der Waals surface area (Å²) in [5.74, 6) is 0. The molecule has 98 valence electrons. The fourth-order valence-corrected chi connectivity index (χ4v) is 2.52. The summed E-state index contributed by atoms with van der Waals surface area (Å²) in [5.41, 5.74) is 3.85. The van der Waals surface area contributed by atoms with Crippen molar-refractivity contribution < 1.29 is 4.42 Å². The molecule has 0 aliphatic rings. The molecule has 1 heterocycles. The van der Waals surface area contributed by atoms with E-state index in [-0.39, 0.29) is 0 Å². The van der Waals surface area contributed by atoms with Crippen LogP contribution >= 0.6 is 15.9 Å². The summed E-state index contributed by atoms with van der Waals surface area (Å²) in [5, 5.41) is 2.02. The van der Waals surface area contributed by atoms with E-state index < -0.39 is 0 Å². The van der Waals surface area contributed by atoms with E-state index >= 15 is 0 Å². The predicted molar refractivity (Wildman–Crippen MR) is 89.0 cm³/mol. The Morgan fingerprint density at radius 1 is 1.05 bits per heavy atom. The molecular weight excluding hydrogens is 312 g/mol. The monoisotopic (exact) mass is 324 g/mol. The lowest BCUT2D eigenvalue weighted by Gasteiger charge is -2.00. The van der Waals surface area contributed by atoms with Crippen LogP contribution in [0.1, 0.15) is 0 Å². The zero-order valence-electron chi connectivity index (χ0n) is 10.9. The highest BCUT2D eigenvalue weighted by molar-refractivity contribution is 9.12. The summed E-state index contributed by atoms with van der Waals surface area (Å²) in [4.78, 5) is 0. The van der Waals surface area contributed by atoms with Gasteiger partial charge in [0.15, 0.2) is 0 Å². The van der Waals surface area contributed by atoms with Gasteiger partial charge in [0.25, 0.3) is 0 Å². The molecule has 1 aromatic heterocycles. The second kappa shape index (κ2) is 5.14. The largest absolute Gasteiger partial charge is 0.457 e. The standard InChI is InChI=1S/C18H13BrO/c1-12(19)10-16-13(2)20-18-9-8-15(11-17(16)18)14-6-4-3-5-7-14/h3-11H,1-2H2/b16-10+. The van der Waals surface area contributed by atoms with Crippen LogP contribution in [-0.4, -0.2) is 0 Å². The first kappa shape index (κ1) is 12.9. The maximum Gasteiger partial charge on any atom is 0.135 e. The van der Waals surface area contributed by atoms with Crippen LogP contribution < -0.4 is 10.6 Å². The molecule has 0 atom stereocenters. The number of benzene rings is 2. The molecule has 3 aromatic rings. The molecule has 0 saturated carbocycles. The third kappa shape index (κ3) is 2.35. The highest BCUT2D eigenvalue weighted by Gasteiger charge is 2.05. The molecular formula is C18H13BrO. The molecule has 0 radical (unpaired) electrons. The highest BCUT2D eigenvalue weighted by Crippen LogP contribution is 2.22. The topological polar surface area (TPSA) is 13.1 Å². The van der Waals surface area contributed by atoms with E-state index in [0.717, 1.165) is 26.2 Å². The average molecular weight is 325 g/mol. The van der Waals surface area contributed by atoms with Crippen molar-refractivity contribution in [2.24, 2.45) is 0 Å². The van der Waals surface area contributed by atoms with Crippen LogP contribution in [0.25, 0.3) is 34.8 Å². The van der Waals surface area contributed by atoms with Crippen LogP contribution in [0.15, 0.2) is 64.0 Å². The van der Waals surface area contributed by atoms with Gasteiger partial charge in [-0.05, 0) is 29.3 Å². The maximum atomic E-state index is 5.69. The van der Waals surface area contributed by atoms with Gasteiger partial charge in [-0.1, -0.05) is 65.5 Å². The first-order chi connectivity index (χ1) is 9.65. The molecule has 0 N–H and O–H groups in total. The minimum atomic E-state index is 0.658. The number of allylic oxidation sites excluding steroid dienone is 1. The molecule has 2 heteroatoms. The molecule has 0 bridgehead atoms. The molecule has 2 aromatic carbocycles. The van der Waals surface area contributed by atoms with E-state index in [9.17, 15) is 0 Å². The van der Waals surface area contributed by atoms with Gasteiger partial charge in [-0.15, -0.1) is 0 Å². The van der Waals surface area contributed by atoms with Crippen LogP contribution in [0.4, 0.5) is 0 Å². The lowest BCUT2D eigenvalue weighted by molar-refractivity contribution is 0.577. The summed E-state index contributed by atoms with van der Waals surface area (Å²) in [6, 6.07) is 16.5. The molecule has 20 heavy (non-hydrogen) atoms. The third-order valence-corrected chi connectivity index (χ3v) is 3.44. The Hall–Kier alpha value is -2.06. The number of furan rings is 1. The summed E-state index contributed by atoms with van der Waals surface area (Å²) in [6.07, 6.45) is 1.93. The minimum absolute atomic E-state index is 0.658. The van der Waals surface area contributed by atoms with Crippen LogP contribution in [0.3, 0.4) is 0 Å². The van der Waals surface area contributed by atoms with Crippen molar-refractivity contribution in [1.29, 1.82) is 0 Å². The number of rotatable bonds is 2. The number of halogens is 1. The van der Waals surface area contributed by atoms with Gasteiger partial charge in [0.2, 0.25) is 0 Å². The Balaban J connectivity index is 2.31.